The Bertz CT molecular complexity index is 809. The third-order valence-electron chi connectivity index (χ3n) is 5.24. The Morgan fingerprint density at radius 1 is 1.24 bits per heavy atom. The van der Waals surface area contributed by atoms with Crippen LogP contribution in [-0.4, -0.2) is 37.7 Å². The summed E-state index contributed by atoms with van der Waals surface area (Å²) in [6.45, 7) is 5.58. The van der Waals surface area contributed by atoms with Gasteiger partial charge in [-0.05, 0) is 45.6 Å². The molecule has 0 radical (unpaired) electrons. The molecule has 3 rings (SSSR count). The smallest absolute Gasteiger partial charge is 0.191 e. The van der Waals surface area contributed by atoms with Crippen molar-refractivity contribution in [2.75, 3.05) is 20.7 Å². The minimum atomic E-state index is 0.285. The molecule has 0 bridgehead atoms. The second-order valence-electron chi connectivity index (χ2n) is 7.32. The number of aliphatic imine (C=N–C) groups is 1. The Morgan fingerprint density at radius 2 is 2.03 bits per heavy atom. The van der Waals surface area contributed by atoms with Gasteiger partial charge in [-0.15, -0.1) is 11.3 Å². The molecule has 2 N–H and O–H groups in total. The first-order valence-electron chi connectivity index (χ1n) is 10.3. The molecule has 1 saturated carbocycles. The van der Waals surface area contributed by atoms with Crippen LogP contribution in [0.15, 0.2) is 23.2 Å². The number of rotatable bonds is 8. The number of hydrogen-bond donors (Lipinski definition) is 2. The van der Waals surface area contributed by atoms with E-state index in [-0.39, 0.29) is 6.10 Å². The second-order valence-corrected chi connectivity index (χ2v) is 8.61. The molecule has 0 unspecified atom stereocenters. The van der Waals surface area contributed by atoms with Gasteiger partial charge in [0.1, 0.15) is 0 Å². The molecule has 1 aliphatic carbocycles. The highest BCUT2D eigenvalue weighted by Crippen LogP contribution is 2.34. The summed E-state index contributed by atoms with van der Waals surface area (Å²) in [5, 5.41) is 7.92. The van der Waals surface area contributed by atoms with Crippen molar-refractivity contribution in [1.82, 2.24) is 15.6 Å². The zero-order valence-electron chi connectivity index (χ0n) is 17.9. The highest BCUT2D eigenvalue weighted by molar-refractivity contribution is 7.11. The number of ether oxygens (including phenoxy) is 2. The fraction of sp³-hybridized carbons (Fsp3) is 0.545. The standard InChI is InChI=1S/C22H32N4O2S/c1-15-16(2)29-20(26-15)12-13-24-22(23-3)25-14-17-8-7-11-19(27-4)21(17)28-18-9-5-6-10-18/h7-8,11,18H,5-6,9-10,12-14H2,1-4H3,(H2,23,24,25). The SMILES string of the molecule is CN=C(NCCc1nc(C)c(C)s1)NCc1cccc(OC)c1OC1CCCC1. The number of benzene rings is 1. The van der Waals surface area contributed by atoms with Crippen molar-refractivity contribution in [3.8, 4) is 11.5 Å². The van der Waals surface area contributed by atoms with Gasteiger partial charge in [0.25, 0.3) is 0 Å². The molecule has 0 saturated heterocycles. The summed E-state index contributed by atoms with van der Waals surface area (Å²) < 4.78 is 11.9. The lowest BCUT2D eigenvalue weighted by Gasteiger charge is -2.20. The van der Waals surface area contributed by atoms with Crippen LogP contribution >= 0.6 is 11.3 Å². The fourth-order valence-corrected chi connectivity index (χ4v) is 4.43. The molecular formula is C22H32N4O2S. The number of aromatic nitrogens is 1. The van der Waals surface area contributed by atoms with Crippen molar-refractivity contribution >= 4 is 17.3 Å². The summed E-state index contributed by atoms with van der Waals surface area (Å²) in [5.41, 5.74) is 2.20. The third kappa shape index (κ3) is 5.85. The van der Waals surface area contributed by atoms with Crippen molar-refractivity contribution in [2.24, 2.45) is 4.99 Å². The Hall–Kier alpha value is -2.28. The molecule has 0 aliphatic heterocycles. The van der Waals surface area contributed by atoms with Crippen LogP contribution < -0.4 is 20.1 Å². The van der Waals surface area contributed by atoms with E-state index in [1.807, 2.05) is 12.1 Å². The second kappa shape index (κ2) is 10.5. The molecule has 1 aromatic heterocycles. The van der Waals surface area contributed by atoms with Crippen molar-refractivity contribution in [3.05, 3.63) is 39.3 Å². The first kappa shape index (κ1) is 21.4. The maximum atomic E-state index is 6.31. The first-order chi connectivity index (χ1) is 14.1. The van der Waals surface area contributed by atoms with Gasteiger partial charge in [0.2, 0.25) is 0 Å². The van der Waals surface area contributed by atoms with E-state index in [4.69, 9.17) is 9.47 Å². The van der Waals surface area contributed by atoms with Gasteiger partial charge in [-0.25, -0.2) is 4.98 Å². The summed E-state index contributed by atoms with van der Waals surface area (Å²) in [6, 6.07) is 6.04. The Labute approximate surface area is 177 Å². The highest BCUT2D eigenvalue weighted by Gasteiger charge is 2.20. The average molecular weight is 417 g/mol. The van der Waals surface area contributed by atoms with Crippen LogP contribution in [-0.2, 0) is 13.0 Å². The van der Waals surface area contributed by atoms with E-state index in [9.17, 15) is 0 Å². The molecule has 2 aromatic rings. The van der Waals surface area contributed by atoms with Gasteiger partial charge in [0.15, 0.2) is 17.5 Å². The van der Waals surface area contributed by atoms with Crippen LogP contribution in [0.2, 0.25) is 0 Å². The zero-order valence-corrected chi connectivity index (χ0v) is 18.7. The number of guanidine groups is 1. The average Bonchev–Trinajstić information content (AvgIpc) is 3.35. The molecule has 7 heteroatoms. The predicted octanol–water partition coefficient (Wildman–Crippen LogP) is 4.00. The van der Waals surface area contributed by atoms with Gasteiger partial charge in [-0.1, -0.05) is 12.1 Å². The maximum Gasteiger partial charge on any atom is 0.191 e. The van der Waals surface area contributed by atoms with Crippen LogP contribution in [0.4, 0.5) is 0 Å². The number of para-hydroxylation sites is 1. The minimum absolute atomic E-state index is 0.285. The summed E-state index contributed by atoms with van der Waals surface area (Å²) in [4.78, 5) is 10.2. The number of thiazole rings is 1. The van der Waals surface area contributed by atoms with Crippen molar-refractivity contribution in [3.63, 3.8) is 0 Å². The molecule has 1 aromatic carbocycles. The van der Waals surface area contributed by atoms with Gasteiger partial charge in [-0.2, -0.15) is 0 Å². The minimum Gasteiger partial charge on any atom is -0.493 e. The topological polar surface area (TPSA) is 67.8 Å². The lowest BCUT2D eigenvalue weighted by molar-refractivity contribution is 0.198. The number of nitrogens with zero attached hydrogens (tertiary/aromatic N) is 2. The van der Waals surface area contributed by atoms with Crippen molar-refractivity contribution in [2.45, 2.75) is 58.6 Å². The number of aryl methyl sites for hydroxylation is 2. The molecule has 0 amide bonds. The molecule has 29 heavy (non-hydrogen) atoms. The van der Waals surface area contributed by atoms with E-state index in [1.54, 1.807) is 25.5 Å². The summed E-state index contributed by atoms with van der Waals surface area (Å²) in [6.07, 6.45) is 5.88. The van der Waals surface area contributed by atoms with E-state index in [2.05, 4.69) is 40.5 Å². The Morgan fingerprint density at radius 3 is 2.69 bits per heavy atom. The van der Waals surface area contributed by atoms with Gasteiger partial charge in [0, 0.05) is 37.0 Å². The number of nitrogens with one attached hydrogen (secondary N) is 2. The molecule has 1 fully saturated rings. The molecular weight excluding hydrogens is 384 g/mol. The van der Waals surface area contributed by atoms with Crippen molar-refractivity contribution in [1.29, 1.82) is 0 Å². The first-order valence-corrected chi connectivity index (χ1v) is 11.1. The van der Waals surface area contributed by atoms with E-state index in [1.165, 1.54) is 17.7 Å². The van der Waals surface area contributed by atoms with Crippen LogP contribution in [0.3, 0.4) is 0 Å². The van der Waals surface area contributed by atoms with Gasteiger partial charge in [-0.3, -0.25) is 4.99 Å². The Kier molecular flexibility index (Phi) is 7.75. The fourth-order valence-electron chi connectivity index (χ4n) is 3.50. The van der Waals surface area contributed by atoms with Gasteiger partial charge < -0.3 is 20.1 Å². The summed E-state index contributed by atoms with van der Waals surface area (Å²) >= 11 is 1.76. The van der Waals surface area contributed by atoms with Crippen LogP contribution in [0.1, 0.15) is 46.8 Å². The lowest BCUT2D eigenvalue weighted by atomic mass is 10.1. The predicted molar refractivity (Wildman–Crippen MR) is 119 cm³/mol. The van der Waals surface area contributed by atoms with Gasteiger partial charge in [0.05, 0.1) is 23.9 Å². The monoisotopic (exact) mass is 416 g/mol. The lowest BCUT2D eigenvalue weighted by Crippen LogP contribution is -2.38. The summed E-state index contributed by atoms with van der Waals surface area (Å²) in [5.74, 6) is 2.40. The van der Waals surface area contributed by atoms with E-state index < -0.39 is 0 Å². The highest BCUT2D eigenvalue weighted by atomic mass is 32.1. The quantitative estimate of drug-likeness (QED) is 0.503. The third-order valence-corrected chi connectivity index (χ3v) is 6.37. The van der Waals surface area contributed by atoms with Crippen LogP contribution in [0.5, 0.6) is 11.5 Å². The maximum absolute atomic E-state index is 6.31. The van der Waals surface area contributed by atoms with Crippen LogP contribution in [0.25, 0.3) is 0 Å². The van der Waals surface area contributed by atoms with Gasteiger partial charge >= 0.3 is 0 Å². The molecule has 1 aliphatic rings. The zero-order chi connectivity index (χ0) is 20.6. The molecule has 1 heterocycles. The number of methoxy groups -OCH3 is 1. The van der Waals surface area contributed by atoms with E-state index in [0.717, 1.165) is 59.5 Å². The van der Waals surface area contributed by atoms with E-state index in [0.29, 0.717) is 6.54 Å². The normalized spacial score (nSPS) is 14.8. The summed E-state index contributed by atoms with van der Waals surface area (Å²) in [7, 11) is 3.48. The number of hydrogen-bond acceptors (Lipinski definition) is 5. The van der Waals surface area contributed by atoms with Crippen LogP contribution in [0, 0.1) is 13.8 Å². The molecule has 0 spiro atoms. The largest absolute Gasteiger partial charge is 0.493 e. The Balaban J connectivity index is 1.56. The van der Waals surface area contributed by atoms with E-state index >= 15 is 0 Å². The van der Waals surface area contributed by atoms with Crippen molar-refractivity contribution < 1.29 is 9.47 Å². The molecule has 6 nitrogen and oxygen atoms in total. The molecule has 0 atom stereocenters. The molecule has 158 valence electrons.